The summed E-state index contributed by atoms with van der Waals surface area (Å²) in [5, 5.41) is 11.5. The van der Waals surface area contributed by atoms with Crippen LogP contribution in [-0.2, 0) is 7.05 Å². The molecule has 1 aliphatic carbocycles. The number of fused-ring (bicyclic) bond motifs is 2. The van der Waals surface area contributed by atoms with Gasteiger partial charge in [-0.2, -0.15) is 10.2 Å². The Morgan fingerprint density at radius 1 is 1.07 bits per heavy atom. The minimum Gasteiger partial charge on any atom is -0.326 e. The second kappa shape index (κ2) is 8.12. The number of hydrogen-bond donors (Lipinski definition) is 1. The van der Waals surface area contributed by atoms with Gasteiger partial charge in [0.15, 0.2) is 0 Å². The van der Waals surface area contributed by atoms with Crippen LogP contribution in [0.5, 0.6) is 0 Å². The quantitative estimate of drug-likeness (QED) is 0.465. The zero-order chi connectivity index (χ0) is 21.5. The highest BCUT2D eigenvalue weighted by Gasteiger charge is 2.20. The van der Waals surface area contributed by atoms with E-state index in [0.717, 1.165) is 26.4 Å². The molecule has 1 fully saturated rings. The molecule has 5 rings (SSSR count). The van der Waals surface area contributed by atoms with Gasteiger partial charge in [0.25, 0.3) is 0 Å². The first kappa shape index (κ1) is 21.0. The van der Waals surface area contributed by atoms with Gasteiger partial charge in [0.05, 0.1) is 17.4 Å². The van der Waals surface area contributed by atoms with E-state index < -0.39 is 0 Å². The number of aryl methyl sites for hydroxylation is 2. The molecule has 0 atom stereocenters. The molecule has 6 nitrogen and oxygen atoms in total. The van der Waals surface area contributed by atoms with Gasteiger partial charge in [0, 0.05) is 35.7 Å². The Morgan fingerprint density at radius 2 is 1.77 bits per heavy atom. The van der Waals surface area contributed by atoms with Crippen molar-refractivity contribution in [3.05, 3.63) is 35.8 Å². The van der Waals surface area contributed by atoms with E-state index in [1.54, 1.807) is 11.3 Å². The first-order valence-corrected chi connectivity index (χ1v) is 11.6. The van der Waals surface area contributed by atoms with E-state index in [1.807, 2.05) is 37.0 Å². The zero-order valence-corrected chi connectivity index (χ0v) is 19.5. The van der Waals surface area contributed by atoms with Crippen LogP contribution in [0.2, 0.25) is 0 Å². The van der Waals surface area contributed by atoms with Crippen LogP contribution in [0.25, 0.3) is 26.4 Å². The number of imidazole rings is 1. The molecular weight excluding hydrogens is 392 g/mol. The van der Waals surface area contributed by atoms with Crippen LogP contribution in [0.15, 0.2) is 24.5 Å². The Bertz CT molecular complexity index is 1120. The molecule has 1 aromatic carbocycles. The lowest BCUT2D eigenvalue weighted by Crippen LogP contribution is -2.26. The number of aromatic nitrogens is 5. The standard InChI is InChI=1S/C19H21N5S.C4H11N/c1-12-8-14(9-15-10-23(2)21-17(12)15)18-22-24-11-16(20-19(24)25-18)13-6-4-3-5-7-13;1-4(2,3)5/h8-11,13H,3-7H2,1-2H3;5H2,1-3H3. The van der Waals surface area contributed by atoms with E-state index in [9.17, 15) is 0 Å². The summed E-state index contributed by atoms with van der Waals surface area (Å²) >= 11 is 1.67. The maximum Gasteiger partial charge on any atom is 0.212 e. The molecule has 3 heterocycles. The Balaban J connectivity index is 0.000000393. The third-order valence-corrected chi connectivity index (χ3v) is 6.22. The summed E-state index contributed by atoms with van der Waals surface area (Å²) in [7, 11) is 1.96. The van der Waals surface area contributed by atoms with Crippen LogP contribution in [0.4, 0.5) is 0 Å². The van der Waals surface area contributed by atoms with Gasteiger partial charge in [-0.1, -0.05) is 30.6 Å². The third-order valence-electron chi connectivity index (χ3n) is 5.25. The number of nitrogens with two attached hydrogens (primary N) is 1. The largest absolute Gasteiger partial charge is 0.326 e. The van der Waals surface area contributed by atoms with Crippen molar-refractivity contribution >= 4 is 27.2 Å². The first-order chi connectivity index (χ1) is 14.2. The molecule has 7 heteroatoms. The fourth-order valence-corrected chi connectivity index (χ4v) is 4.86. The first-order valence-electron chi connectivity index (χ1n) is 10.8. The molecule has 0 bridgehead atoms. The molecule has 0 aliphatic heterocycles. The normalized spacial score (nSPS) is 15.5. The van der Waals surface area contributed by atoms with Crippen molar-refractivity contribution in [2.24, 2.45) is 12.8 Å². The van der Waals surface area contributed by atoms with E-state index in [2.05, 4.69) is 36.5 Å². The highest BCUT2D eigenvalue weighted by molar-refractivity contribution is 7.19. The number of rotatable bonds is 2. The molecule has 1 saturated carbocycles. The Morgan fingerprint density at radius 3 is 2.43 bits per heavy atom. The highest BCUT2D eigenvalue weighted by atomic mass is 32.1. The lowest BCUT2D eigenvalue weighted by atomic mass is 9.87. The van der Waals surface area contributed by atoms with Crippen LogP contribution in [0.1, 0.15) is 70.1 Å². The molecule has 3 aromatic heterocycles. The van der Waals surface area contributed by atoms with Crippen molar-refractivity contribution in [2.45, 2.75) is 71.3 Å². The summed E-state index contributed by atoms with van der Waals surface area (Å²) in [5.41, 5.74) is 9.97. The molecule has 0 unspecified atom stereocenters. The second-order valence-corrected chi connectivity index (χ2v) is 10.5. The minimum absolute atomic E-state index is 0. The summed E-state index contributed by atoms with van der Waals surface area (Å²) < 4.78 is 3.83. The number of benzene rings is 1. The van der Waals surface area contributed by atoms with Gasteiger partial charge in [0.1, 0.15) is 5.01 Å². The van der Waals surface area contributed by atoms with Crippen LogP contribution in [0.3, 0.4) is 0 Å². The second-order valence-electron chi connectivity index (χ2n) is 9.53. The lowest BCUT2D eigenvalue weighted by Gasteiger charge is -2.19. The van der Waals surface area contributed by atoms with Crippen LogP contribution < -0.4 is 5.73 Å². The van der Waals surface area contributed by atoms with Gasteiger partial charge >= 0.3 is 0 Å². The molecular formula is C23H32N6S. The molecule has 160 valence electrons. The van der Waals surface area contributed by atoms with Crippen molar-refractivity contribution in [3.8, 4) is 10.6 Å². The van der Waals surface area contributed by atoms with Gasteiger partial charge in [-0.05, 0) is 58.2 Å². The predicted molar refractivity (Wildman–Crippen MR) is 125 cm³/mol. The molecule has 0 amide bonds. The van der Waals surface area contributed by atoms with Crippen molar-refractivity contribution < 1.29 is 0 Å². The van der Waals surface area contributed by atoms with E-state index in [-0.39, 0.29) is 5.54 Å². The summed E-state index contributed by atoms with van der Waals surface area (Å²) in [4.78, 5) is 5.87. The zero-order valence-electron chi connectivity index (χ0n) is 18.6. The molecule has 1 aliphatic rings. The van der Waals surface area contributed by atoms with E-state index in [4.69, 9.17) is 15.8 Å². The average molecular weight is 425 g/mol. The van der Waals surface area contributed by atoms with E-state index >= 15 is 0 Å². The number of nitrogens with zero attached hydrogens (tertiary/aromatic N) is 5. The lowest BCUT2D eigenvalue weighted by molar-refractivity contribution is 0.438. The molecule has 30 heavy (non-hydrogen) atoms. The van der Waals surface area contributed by atoms with E-state index in [1.165, 1.54) is 43.4 Å². The highest BCUT2D eigenvalue weighted by Crippen LogP contribution is 2.34. The summed E-state index contributed by atoms with van der Waals surface area (Å²) in [5.74, 6) is 0.625. The SMILES string of the molecule is CC(C)(C)N.Cc1cc(-c2nn3cc(C4CCCCC4)nc3s2)cc2cn(C)nc12. The molecule has 4 aromatic rings. The molecule has 0 spiro atoms. The number of hydrogen-bond acceptors (Lipinski definition) is 5. The molecule has 0 radical (unpaired) electrons. The molecule has 2 N–H and O–H groups in total. The summed E-state index contributed by atoms with van der Waals surface area (Å²) in [6.07, 6.45) is 10.8. The predicted octanol–water partition coefficient (Wildman–Crippen LogP) is 5.44. The summed E-state index contributed by atoms with van der Waals surface area (Å²) in [6, 6.07) is 4.35. The monoisotopic (exact) mass is 424 g/mol. The van der Waals surface area contributed by atoms with Crippen LogP contribution in [-0.4, -0.2) is 29.9 Å². The van der Waals surface area contributed by atoms with Gasteiger partial charge in [-0.25, -0.2) is 9.50 Å². The maximum absolute atomic E-state index is 5.35. The van der Waals surface area contributed by atoms with Crippen LogP contribution in [0, 0.1) is 6.92 Å². The summed E-state index contributed by atoms with van der Waals surface area (Å²) in [6.45, 7) is 8.01. The Hall–Kier alpha value is -2.25. The van der Waals surface area contributed by atoms with Crippen molar-refractivity contribution in [1.82, 2.24) is 24.4 Å². The van der Waals surface area contributed by atoms with Gasteiger partial charge in [0.2, 0.25) is 4.96 Å². The van der Waals surface area contributed by atoms with Crippen molar-refractivity contribution in [1.29, 1.82) is 0 Å². The van der Waals surface area contributed by atoms with Gasteiger partial charge < -0.3 is 5.73 Å². The van der Waals surface area contributed by atoms with Crippen molar-refractivity contribution in [3.63, 3.8) is 0 Å². The third kappa shape index (κ3) is 4.73. The molecule has 0 saturated heterocycles. The van der Waals surface area contributed by atoms with Gasteiger partial charge in [-0.15, -0.1) is 0 Å². The van der Waals surface area contributed by atoms with E-state index in [0.29, 0.717) is 5.92 Å². The maximum atomic E-state index is 5.35. The smallest absolute Gasteiger partial charge is 0.212 e. The fraction of sp³-hybridized carbons (Fsp3) is 0.522. The topological polar surface area (TPSA) is 74.0 Å². The average Bonchev–Trinajstić information content (AvgIpc) is 3.33. The van der Waals surface area contributed by atoms with Crippen LogP contribution >= 0.6 is 11.3 Å². The Labute approximate surface area is 182 Å². The van der Waals surface area contributed by atoms with Gasteiger partial charge in [-0.3, -0.25) is 4.68 Å². The van der Waals surface area contributed by atoms with Crippen molar-refractivity contribution in [2.75, 3.05) is 0 Å². The minimum atomic E-state index is 0. The Kier molecular flexibility index (Phi) is 5.68. The fourth-order valence-electron chi connectivity index (χ4n) is 3.98.